The van der Waals surface area contributed by atoms with Crippen LogP contribution in [0.1, 0.15) is 56.4 Å². The average Bonchev–Trinajstić information content (AvgIpc) is 3.64. The van der Waals surface area contributed by atoms with Gasteiger partial charge in [0, 0.05) is 28.4 Å². The van der Waals surface area contributed by atoms with Crippen LogP contribution in [-0.2, 0) is 19.1 Å². The van der Waals surface area contributed by atoms with Gasteiger partial charge in [0.05, 0.1) is 19.7 Å². The molecule has 2 aromatic rings. The molecule has 0 radical (unpaired) electrons. The van der Waals surface area contributed by atoms with Crippen LogP contribution in [0.25, 0.3) is 10.9 Å². The first-order valence-electron chi connectivity index (χ1n) is 13.4. The minimum absolute atomic E-state index is 0.00526. The van der Waals surface area contributed by atoms with Crippen LogP contribution in [-0.4, -0.2) is 72.0 Å². The van der Waals surface area contributed by atoms with Gasteiger partial charge >= 0.3 is 5.97 Å². The molecule has 1 aliphatic carbocycles. The molecule has 5 rings (SSSR count). The fraction of sp³-hybridized carbons (Fsp3) is 0.571. The Labute approximate surface area is 232 Å². The molecule has 0 spiro atoms. The molecule has 210 valence electrons. The lowest BCUT2D eigenvalue weighted by Gasteiger charge is -2.29. The molecule has 0 bridgehead atoms. The van der Waals surface area contributed by atoms with Crippen LogP contribution in [0, 0.1) is 17.8 Å². The molecule has 1 aromatic carbocycles. The molecule has 1 aromatic heterocycles. The Balaban J connectivity index is 1.40. The standard InChI is InChI=1S/C28H35ClN4O6/c1-28(2)12-15(24(34)32-28)8-21(27(37)39-4)31-25(35)23-17-7-5-6-14(17)13-33(23)26(36)20-11-18-19(30-20)9-16(29)10-22(18)38-3/h9-11,14-15,17,21,23,30H,5-8,12-13H2,1-4H3,(H,31,35)(H,32,34)/t14-,15?,17-,21?,23-/m0/s1. The predicted molar refractivity (Wildman–Crippen MR) is 144 cm³/mol. The van der Waals surface area contributed by atoms with E-state index < -0.39 is 29.9 Å². The van der Waals surface area contributed by atoms with E-state index in [1.165, 1.54) is 14.2 Å². The molecule has 5 atom stereocenters. The Hall–Kier alpha value is -3.27. The summed E-state index contributed by atoms with van der Waals surface area (Å²) in [6.45, 7) is 4.30. The molecular formula is C28H35ClN4O6. The molecule has 3 N–H and O–H groups in total. The van der Waals surface area contributed by atoms with Gasteiger partial charge in [-0.05, 0) is 69.6 Å². The molecule has 1 saturated carbocycles. The SMILES string of the molecule is COC(=O)C(CC1CC(C)(C)NC1=O)NC(=O)[C@@H]1[C@H]2CCC[C@H]2CN1C(=O)c1cc2c(OC)cc(Cl)cc2[nH]1. The third-order valence-electron chi connectivity index (χ3n) is 8.45. The number of carbonyl (C=O) groups is 4. The smallest absolute Gasteiger partial charge is 0.328 e. The van der Waals surface area contributed by atoms with Crippen LogP contribution in [0.3, 0.4) is 0 Å². The third kappa shape index (κ3) is 5.18. The van der Waals surface area contributed by atoms with Gasteiger partial charge in [-0.1, -0.05) is 18.0 Å². The van der Waals surface area contributed by atoms with Crippen molar-refractivity contribution in [3.05, 3.63) is 28.9 Å². The second-order valence-corrected chi connectivity index (χ2v) is 12.0. The Morgan fingerprint density at radius 1 is 1.21 bits per heavy atom. The molecule has 39 heavy (non-hydrogen) atoms. The van der Waals surface area contributed by atoms with E-state index in [9.17, 15) is 19.2 Å². The molecular weight excluding hydrogens is 524 g/mol. The summed E-state index contributed by atoms with van der Waals surface area (Å²) in [7, 11) is 2.80. The average molecular weight is 559 g/mol. The zero-order chi connectivity index (χ0) is 28.1. The number of halogens is 1. The second kappa shape index (κ2) is 10.4. The lowest BCUT2D eigenvalue weighted by atomic mass is 9.90. The van der Waals surface area contributed by atoms with Crippen molar-refractivity contribution in [1.29, 1.82) is 0 Å². The van der Waals surface area contributed by atoms with Crippen LogP contribution in [0.4, 0.5) is 0 Å². The van der Waals surface area contributed by atoms with Crippen LogP contribution in [0.2, 0.25) is 5.02 Å². The first-order chi connectivity index (χ1) is 18.5. The summed E-state index contributed by atoms with van der Waals surface area (Å²) >= 11 is 6.21. The summed E-state index contributed by atoms with van der Waals surface area (Å²) in [5.41, 5.74) is 0.606. The minimum Gasteiger partial charge on any atom is -0.496 e. The molecule has 2 aliphatic heterocycles. The van der Waals surface area contributed by atoms with Crippen LogP contribution in [0.5, 0.6) is 5.75 Å². The monoisotopic (exact) mass is 558 g/mol. The zero-order valence-corrected chi connectivity index (χ0v) is 23.4. The van der Waals surface area contributed by atoms with E-state index in [1.54, 1.807) is 23.1 Å². The van der Waals surface area contributed by atoms with Crippen molar-refractivity contribution < 1.29 is 28.7 Å². The number of nitrogens with one attached hydrogen (secondary N) is 3. The highest BCUT2D eigenvalue weighted by Crippen LogP contribution is 2.43. The van der Waals surface area contributed by atoms with Gasteiger partial charge in [-0.15, -0.1) is 0 Å². The number of likely N-dealkylation sites (tertiary alicyclic amines) is 1. The van der Waals surface area contributed by atoms with Gasteiger partial charge < -0.3 is 30.0 Å². The summed E-state index contributed by atoms with van der Waals surface area (Å²) in [5, 5.41) is 6.97. The largest absolute Gasteiger partial charge is 0.496 e. The number of aromatic amines is 1. The first-order valence-corrected chi connectivity index (χ1v) is 13.8. The normalized spacial score (nSPS) is 26.3. The van der Waals surface area contributed by atoms with Gasteiger partial charge in [-0.3, -0.25) is 14.4 Å². The van der Waals surface area contributed by atoms with Crippen LogP contribution < -0.4 is 15.4 Å². The number of H-pyrrole nitrogens is 1. The van der Waals surface area contributed by atoms with E-state index >= 15 is 0 Å². The van der Waals surface area contributed by atoms with Gasteiger partial charge in [-0.25, -0.2) is 4.79 Å². The van der Waals surface area contributed by atoms with Crippen molar-refractivity contribution in [2.45, 2.75) is 63.6 Å². The van der Waals surface area contributed by atoms with E-state index in [2.05, 4.69) is 15.6 Å². The summed E-state index contributed by atoms with van der Waals surface area (Å²) in [4.78, 5) is 57.6. The van der Waals surface area contributed by atoms with E-state index in [0.29, 0.717) is 40.3 Å². The molecule has 11 heteroatoms. The van der Waals surface area contributed by atoms with Crippen molar-refractivity contribution >= 4 is 46.2 Å². The second-order valence-electron chi connectivity index (χ2n) is 11.6. The lowest BCUT2D eigenvalue weighted by Crippen LogP contribution is -2.53. The van der Waals surface area contributed by atoms with Gasteiger partial charge in [0.1, 0.15) is 23.5 Å². The van der Waals surface area contributed by atoms with Gasteiger partial charge in [0.15, 0.2) is 0 Å². The number of rotatable bonds is 7. The number of benzene rings is 1. The molecule has 2 saturated heterocycles. The maximum absolute atomic E-state index is 13.8. The maximum Gasteiger partial charge on any atom is 0.328 e. The Bertz CT molecular complexity index is 1320. The molecule has 3 fully saturated rings. The highest BCUT2D eigenvalue weighted by molar-refractivity contribution is 6.31. The first kappa shape index (κ1) is 27.3. The minimum atomic E-state index is -0.996. The number of amides is 3. The zero-order valence-electron chi connectivity index (χ0n) is 22.6. The van der Waals surface area contributed by atoms with Gasteiger partial charge in [-0.2, -0.15) is 0 Å². The number of ether oxygens (including phenoxy) is 2. The quantitative estimate of drug-likeness (QED) is 0.448. The molecule has 2 unspecified atom stereocenters. The van der Waals surface area contributed by atoms with E-state index in [4.69, 9.17) is 21.1 Å². The van der Waals surface area contributed by atoms with Crippen molar-refractivity contribution in [3.63, 3.8) is 0 Å². The van der Waals surface area contributed by atoms with Crippen molar-refractivity contribution in [3.8, 4) is 5.75 Å². The van der Waals surface area contributed by atoms with Crippen LogP contribution >= 0.6 is 11.6 Å². The molecule has 3 amide bonds. The van der Waals surface area contributed by atoms with E-state index in [0.717, 1.165) is 19.3 Å². The topological polar surface area (TPSA) is 130 Å². The van der Waals surface area contributed by atoms with E-state index in [-0.39, 0.29) is 35.6 Å². The van der Waals surface area contributed by atoms with Crippen LogP contribution in [0.15, 0.2) is 18.2 Å². The highest BCUT2D eigenvalue weighted by Gasteiger charge is 2.50. The molecule has 3 heterocycles. The molecule has 3 aliphatic rings. The third-order valence-corrected chi connectivity index (χ3v) is 8.66. The maximum atomic E-state index is 13.8. The number of aromatic nitrogens is 1. The lowest BCUT2D eigenvalue weighted by molar-refractivity contribution is -0.146. The van der Waals surface area contributed by atoms with Crippen molar-refractivity contribution in [1.82, 2.24) is 20.5 Å². The number of nitrogens with zero attached hydrogens (tertiary/aromatic N) is 1. The molecule has 10 nitrogen and oxygen atoms in total. The fourth-order valence-electron chi connectivity index (χ4n) is 6.74. The summed E-state index contributed by atoms with van der Waals surface area (Å²) in [6.07, 6.45) is 3.42. The van der Waals surface area contributed by atoms with Gasteiger partial charge in [0.2, 0.25) is 11.8 Å². The number of hydrogen-bond acceptors (Lipinski definition) is 6. The van der Waals surface area contributed by atoms with Crippen molar-refractivity contribution in [2.75, 3.05) is 20.8 Å². The number of methoxy groups -OCH3 is 2. The summed E-state index contributed by atoms with van der Waals surface area (Å²) in [5.74, 6) is -1.15. The number of hydrogen-bond donors (Lipinski definition) is 3. The van der Waals surface area contributed by atoms with Crippen molar-refractivity contribution in [2.24, 2.45) is 17.8 Å². The summed E-state index contributed by atoms with van der Waals surface area (Å²) in [6, 6.07) is 3.39. The predicted octanol–water partition coefficient (Wildman–Crippen LogP) is 3.03. The summed E-state index contributed by atoms with van der Waals surface area (Å²) < 4.78 is 10.4. The number of esters is 1. The fourth-order valence-corrected chi connectivity index (χ4v) is 6.95. The Morgan fingerprint density at radius 2 is 1.97 bits per heavy atom. The highest BCUT2D eigenvalue weighted by atomic mass is 35.5. The number of fused-ring (bicyclic) bond motifs is 2. The Kier molecular flexibility index (Phi) is 7.26. The van der Waals surface area contributed by atoms with E-state index in [1.807, 2.05) is 13.8 Å². The van der Waals surface area contributed by atoms with Gasteiger partial charge in [0.25, 0.3) is 5.91 Å². The number of carbonyl (C=O) groups excluding carboxylic acids is 4. The Morgan fingerprint density at radius 3 is 2.64 bits per heavy atom.